The standard InChI is InChI=1S/C10H21NO4.CH4O/c12-6-8-5-9(14)1-3-11(8)4-2-10(15)7-13;1-2/h8-10,12-15H,1-7H2;2H,1H3. The molecule has 3 atom stereocenters. The Morgan fingerprint density at radius 1 is 1.29 bits per heavy atom. The van der Waals surface area contributed by atoms with Crippen LogP contribution in [-0.2, 0) is 0 Å². The number of aliphatic hydroxyl groups excluding tert-OH is 5. The monoisotopic (exact) mass is 251 g/mol. The summed E-state index contributed by atoms with van der Waals surface area (Å²) < 4.78 is 0. The van der Waals surface area contributed by atoms with Crippen LogP contribution in [-0.4, -0.2) is 82.1 Å². The molecule has 1 rings (SSSR count). The van der Waals surface area contributed by atoms with Crippen molar-refractivity contribution in [2.45, 2.75) is 37.5 Å². The Kier molecular flexibility index (Phi) is 9.62. The second kappa shape index (κ2) is 9.76. The first-order valence-corrected chi connectivity index (χ1v) is 5.94. The molecule has 0 aromatic carbocycles. The van der Waals surface area contributed by atoms with E-state index in [2.05, 4.69) is 4.90 Å². The van der Waals surface area contributed by atoms with Gasteiger partial charge in [0.1, 0.15) is 0 Å². The van der Waals surface area contributed by atoms with Crippen LogP contribution in [0.1, 0.15) is 19.3 Å². The first-order chi connectivity index (χ1) is 8.17. The Bertz CT molecular complexity index is 181. The Labute approximate surface area is 102 Å². The molecule has 5 N–H and O–H groups in total. The van der Waals surface area contributed by atoms with Crippen LogP contribution in [0.4, 0.5) is 0 Å². The highest BCUT2D eigenvalue weighted by Crippen LogP contribution is 2.17. The number of hydrogen-bond acceptors (Lipinski definition) is 6. The zero-order valence-corrected chi connectivity index (χ0v) is 10.4. The maximum absolute atomic E-state index is 9.42. The highest BCUT2D eigenvalue weighted by Gasteiger charge is 2.26. The van der Waals surface area contributed by atoms with Crippen LogP contribution in [0.3, 0.4) is 0 Å². The van der Waals surface area contributed by atoms with E-state index in [-0.39, 0.29) is 25.4 Å². The predicted octanol–water partition coefficient (Wildman–Crippen LogP) is -1.84. The van der Waals surface area contributed by atoms with Crippen LogP contribution in [0.15, 0.2) is 0 Å². The molecular formula is C11H25NO5. The van der Waals surface area contributed by atoms with E-state index in [0.717, 1.165) is 13.7 Å². The first-order valence-electron chi connectivity index (χ1n) is 5.94. The largest absolute Gasteiger partial charge is 0.400 e. The topological polar surface area (TPSA) is 104 Å². The molecule has 6 nitrogen and oxygen atoms in total. The zero-order chi connectivity index (χ0) is 13.3. The molecule has 0 bridgehead atoms. The Morgan fingerprint density at radius 2 is 1.94 bits per heavy atom. The van der Waals surface area contributed by atoms with Crippen LogP contribution < -0.4 is 0 Å². The third kappa shape index (κ3) is 6.30. The van der Waals surface area contributed by atoms with Gasteiger partial charge in [-0.2, -0.15) is 0 Å². The first kappa shape index (κ1) is 16.8. The summed E-state index contributed by atoms with van der Waals surface area (Å²) in [5, 5.41) is 43.4. The van der Waals surface area contributed by atoms with Gasteiger partial charge in [0.15, 0.2) is 0 Å². The van der Waals surface area contributed by atoms with Crippen LogP contribution in [0.5, 0.6) is 0 Å². The number of hydrogen-bond donors (Lipinski definition) is 5. The van der Waals surface area contributed by atoms with Crippen molar-refractivity contribution in [3.63, 3.8) is 0 Å². The summed E-state index contributed by atoms with van der Waals surface area (Å²) in [5.74, 6) is 0. The summed E-state index contributed by atoms with van der Waals surface area (Å²) in [7, 11) is 1.00. The highest BCUT2D eigenvalue weighted by atomic mass is 16.3. The summed E-state index contributed by atoms with van der Waals surface area (Å²) >= 11 is 0. The van der Waals surface area contributed by atoms with E-state index in [0.29, 0.717) is 25.8 Å². The molecule has 1 fully saturated rings. The molecule has 3 unspecified atom stereocenters. The summed E-state index contributed by atoms with van der Waals surface area (Å²) in [5.41, 5.74) is 0. The molecule has 6 heteroatoms. The fourth-order valence-corrected chi connectivity index (χ4v) is 1.97. The number of aliphatic hydroxyl groups is 5. The molecule has 0 aliphatic carbocycles. The minimum absolute atomic E-state index is 0.0142. The number of rotatable bonds is 5. The van der Waals surface area contributed by atoms with Gasteiger partial charge in [-0.3, -0.25) is 4.90 Å². The normalized spacial score (nSPS) is 27.2. The van der Waals surface area contributed by atoms with Crippen LogP contribution in [0.25, 0.3) is 0 Å². The summed E-state index contributed by atoms with van der Waals surface area (Å²) in [6, 6.07) is -0.0142. The number of likely N-dealkylation sites (tertiary alicyclic amines) is 1. The highest BCUT2D eigenvalue weighted by molar-refractivity contribution is 4.81. The minimum atomic E-state index is -0.684. The van der Waals surface area contributed by atoms with E-state index in [1.165, 1.54) is 0 Å². The second-order valence-electron chi connectivity index (χ2n) is 4.18. The second-order valence-corrected chi connectivity index (χ2v) is 4.18. The molecule has 1 aliphatic rings. The summed E-state index contributed by atoms with van der Waals surface area (Å²) in [4.78, 5) is 2.06. The third-order valence-corrected chi connectivity index (χ3v) is 2.98. The summed E-state index contributed by atoms with van der Waals surface area (Å²) in [6.45, 7) is 1.21. The van der Waals surface area contributed by atoms with Crippen molar-refractivity contribution in [1.29, 1.82) is 0 Å². The maximum atomic E-state index is 9.42. The quantitative estimate of drug-likeness (QED) is 0.393. The van der Waals surface area contributed by atoms with E-state index in [1.807, 2.05) is 0 Å². The van der Waals surface area contributed by atoms with Gasteiger partial charge in [0.25, 0.3) is 0 Å². The van der Waals surface area contributed by atoms with E-state index in [9.17, 15) is 10.2 Å². The molecule has 0 amide bonds. The van der Waals surface area contributed by atoms with E-state index in [1.54, 1.807) is 0 Å². The maximum Gasteiger partial charge on any atom is 0.0783 e. The molecule has 1 aliphatic heterocycles. The van der Waals surface area contributed by atoms with Crippen molar-refractivity contribution in [2.24, 2.45) is 0 Å². The van der Waals surface area contributed by atoms with Crippen LogP contribution in [0, 0.1) is 0 Å². The Morgan fingerprint density at radius 3 is 2.47 bits per heavy atom. The van der Waals surface area contributed by atoms with Gasteiger partial charge in [-0.1, -0.05) is 0 Å². The molecule has 0 aromatic rings. The summed E-state index contributed by atoms with van der Waals surface area (Å²) in [6.07, 6.45) is 0.804. The molecular weight excluding hydrogens is 226 g/mol. The van der Waals surface area contributed by atoms with Crippen molar-refractivity contribution >= 4 is 0 Å². The zero-order valence-electron chi connectivity index (χ0n) is 10.4. The van der Waals surface area contributed by atoms with Crippen molar-refractivity contribution < 1.29 is 25.5 Å². The van der Waals surface area contributed by atoms with Crippen molar-refractivity contribution in [2.75, 3.05) is 33.4 Å². The molecule has 104 valence electrons. The van der Waals surface area contributed by atoms with Crippen LogP contribution in [0.2, 0.25) is 0 Å². The smallest absolute Gasteiger partial charge is 0.0783 e. The lowest BCUT2D eigenvalue weighted by Crippen LogP contribution is -2.47. The van der Waals surface area contributed by atoms with Crippen molar-refractivity contribution in [1.82, 2.24) is 4.90 Å². The number of nitrogens with zero attached hydrogens (tertiary/aromatic N) is 1. The fraction of sp³-hybridized carbons (Fsp3) is 1.00. The molecule has 17 heavy (non-hydrogen) atoms. The molecule has 0 aromatic heterocycles. The molecule has 0 radical (unpaired) electrons. The van der Waals surface area contributed by atoms with Gasteiger partial charge in [-0.15, -0.1) is 0 Å². The van der Waals surface area contributed by atoms with Gasteiger partial charge in [0.2, 0.25) is 0 Å². The van der Waals surface area contributed by atoms with Gasteiger partial charge in [0.05, 0.1) is 25.4 Å². The predicted molar refractivity (Wildman–Crippen MR) is 63.5 cm³/mol. The van der Waals surface area contributed by atoms with Gasteiger partial charge in [-0.05, 0) is 19.3 Å². The van der Waals surface area contributed by atoms with Gasteiger partial charge in [-0.25, -0.2) is 0 Å². The molecule has 1 saturated heterocycles. The van der Waals surface area contributed by atoms with Gasteiger partial charge >= 0.3 is 0 Å². The minimum Gasteiger partial charge on any atom is -0.400 e. The number of piperidine rings is 1. The molecule has 0 saturated carbocycles. The van der Waals surface area contributed by atoms with Gasteiger partial charge < -0.3 is 25.5 Å². The van der Waals surface area contributed by atoms with E-state index in [4.69, 9.17) is 15.3 Å². The third-order valence-electron chi connectivity index (χ3n) is 2.98. The lowest BCUT2D eigenvalue weighted by Gasteiger charge is -2.37. The molecule has 0 spiro atoms. The molecule has 1 heterocycles. The SMILES string of the molecule is CO.OCC(O)CCN1CCC(O)CC1CO. The fourth-order valence-electron chi connectivity index (χ4n) is 1.97. The van der Waals surface area contributed by atoms with E-state index < -0.39 is 6.10 Å². The Hall–Kier alpha value is -0.240. The van der Waals surface area contributed by atoms with Crippen molar-refractivity contribution in [3.8, 4) is 0 Å². The lowest BCUT2D eigenvalue weighted by atomic mass is 9.99. The average Bonchev–Trinajstić information content (AvgIpc) is 2.39. The lowest BCUT2D eigenvalue weighted by molar-refractivity contribution is 0.00534. The van der Waals surface area contributed by atoms with E-state index >= 15 is 0 Å². The Balaban J connectivity index is 0.00000121. The van der Waals surface area contributed by atoms with Crippen molar-refractivity contribution in [3.05, 3.63) is 0 Å². The van der Waals surface area contributed by atoms with Gasteiger partial charge in [0, 0.05) is 26.2 Å². The average molecular weight is 251 g/mol. The van der Waals surface area contributed by atoms with Crippen LogP contribution >= 0.6 is 0 Å².